The first-order valence-corrected chi connectivity index (χ1v) is 14.2. The molecule has 0 radical (unpaired) electrons. The van der Waals surface area contributed by atoms with Crippen LogP contribution >= 0.6 is 0 Å². The first-order chi connectivity index (χ1) is 17.3. The summed E-state index contributed by atoms with van der Waals surface area (Å²) in [5.41, 5.74) is 24.9. The molecule has 0 aromatic rings. The van der Waals surface area contributed by atoms with Crippen molar-refractivity contribution in [1.82, 2.24) is 0 Å². The van der Waals surface area contributed by atoms with E-state index in [9.17, 15) is 10.2 Å². The lowest BCUT2D eigenvalue weighted by Gasteiger charge is -2.47. The van der Waals surface area contributed by atoms with E-state index >= 15 is 0 Å². The second kappa shape index (κ2) is 17.2. The van der Waals surface area contributed by atoms with Gasteiger partial charge in [0.25, 0.3) is 0 Å². The summed E-state index contributed by atoms with van der Waals surface area (Å²) in [4.78, 5) is 0. The predicted octanol–water partition coefficient (Wildman–Crippen LogP) is 0.874. The van der Waals surface area contributed by atoms with Crippen LogP contribution in [0.25, 0.3) is 0 Å². The Morgan fingerprint density at radius 1 is 0.722 bits per heavy atom. The number of unbranched alkanes of at least 4 members (excludes halogenated alkanes) is 8. The fraction of sp³-hybridized carbons (Fsp3) is 1.00. The first kappa shape index (κ1) is 31.8. The van der Waals surface area contributed by atoms with Crippen molar-refractivity contribution in [2.24, 2.45) is 22.9 Å². The van der Waals surface area contributed by atoms with E-state index in [1.54, 1.807) is 0 Å². The van der Waals surface area contributed by atoms with Gasteiger partial charge in [0.05, 0.1) is 6.04 Å². The van der Waals surface area contributed by atoms with E-state index < -0.39 is 61.0 Å². The highest BCUT2D eigenvalue weighted by atomic mass is 16.7. The van der Waals surface area contributed by atoms with Gasteiger partial charge in [-0.3, -0.25) is 0 Å². The zero-order chi connectivity index (χ0) is 26.5. The lowest BCUT2D eigenvalue weighted by molar-refractivity contribution is -0.294. The minimum absolute atomic E-state index is 0.0814. The third-order valence-electron chi connectivity index (χ3n) is 7.42. The summed E-state index contributed by atoms with van der Waals surface area (Å²) in [6.07, 6.45) is 5.75. The van der Waals surface area contributed by atoms with Gasteiger partial charge in [0, 0.05) is 31.8 Å². The van der Waals surface area contributed by atoms with Crippen molar-refractivity contribution in [2.45, 2.75) is 146 Å². The number of rotatable bonds is 17. The van der Waals surface area contributed by atoms with Crippen LogP contribution < -0.4 is 22.9 Å². The highest BCUT2D eigenvalue weighted by molar-refractivity contribution is 5.00. The maximum atomic E-state index is 11.1. The second-order valence-electron chi connectivity index (χ2n) is 10.5. The van der Waals surface area contributed by atoms with Gasteiger partial charge in [0.2, 0.25) is 0 Å². The lowest BCUT2D eigenvalue weighted by atomic mass is 9.84. The smallest absolute Gasteiger partial charge is 0.176 e. The van der Waals surface area contributed by atoms with E-state index in [4.69, 9.17) is 41.9 Å². The third-order valence-corrected chi connectivity index (χ3v) is 7.42. The van der Waals surface area contributed by atoms with Crippen LogP contribution in [0.4, 0.5) is 0 Å². The molecule has 1 aliphatic carbocycles. The second-order valence-corrected chi connectivity index (χ2v) is 10.5. The van der Waals surface area contributed by atoms with Crippen molar-refractivity contribution in [2.75, 3.05) is 19.8 Å². The topological polar surface area (TPSA) is 181 Å². The molecule has 36 heavy (non-hydrogen) atoms. The summed E-state index contributed by atoms with van der Waals surface area (Å²) < 4.78 is 24.1. The average molecular weight is 519 g/mol. The van der Waals surface area contributed by atoms with Crippen LogP contribution in [-0.2, 0) is 18.9 Å². The molecule has 0 amide bonds. The molecular formula is C26H54N4O6. The molecule has 214 valence electrons. The Balaban J connectivity index is 1.95. The standard InChI is InChI=1S/C26H54N4O6/c1-3-5-7-9-11-13-33-23-17(28)15-18(29)24(22(23)32)36-26-20(30)25(21(31)19(16-27)35-26)34-14-12-10-8-6-4-2/h17-26,31-32H,3-16,27-30H2,1-2H3/t17-,18+,19-,20-,21-,22-,23+,24-,25-,26-/m1/s1. The Morgan fingerprint density at radius 3 is 1.81 bits per heavy atom. The van der Waals surface area contributed by atoms with Gasteiger partial charge >= 0.3 is 0 Å². The highest BCUT2D eigenvalue weighted by Crippen LogP contribution is 2.29. The van der Waals surface area contributed by atoms with Crippen LogP contribution in [0.2, 0.25) is 0 Å². The van der Waals surface area contributed by atoms with Gasteiger partial charge in [-0.25, -0.2) is 0 Å². The van der Waals surface area contributed by atoms with Gasteiger partial charge in [-0.2, -0.15) is 0 Å². The predicted molar refractivity (Wildman–Crippen MR) is 140 cm³/mol. The van der Waals surface area contributed by atoms with Crippen LogP contribution in [0.3, 0.4) is 0 Å². The summed E-state index contributed by atoms with van der Waals surface area (Å²) in [7, 11) is 0. The number of hydrogen-bond acceptors (Lipinski definition) is 10. The maximum Gasteiger partial charge on any atom is 0.176 e. The average Bonchev–Trinajstić information content (AvgIpc) is 2.85. The normalized spacial score (nSPS) is 37.3. The molecule has 1 saturated carbocycles. The molecule has 0 aromatic carbocycles. The monoisotopic (exact) mass is 518 g/mol. The molecule has 10 atom stereocenters. The molecule has 0 bridgehead atoms. The number of aliphatic hydroxyl groups is 2. The summed E-state index contributed by atoms with van der Waals surface area (Å²) in [6.45, 7) is 5.44. The van der Waals surface area contributed by atoms with E-state index in [1.807, 2.05) is 0 Å². The van der Waals surface area contributed by atoms with E-state index in [1.165, 1.54) is 32.1 Å². The van der Waals surface area contributed by atoms with Crippen LogP contribution in [0, 0.1) is 0 Å². The number of nitrogens with two attached hydrogens (primary N) is 4. The molecular weight excluding hydrogens is 464 g/mol. The van der Waals surface area contributed by atoms with Crippen molar-refractivity contribution in [3.63, 3.8) is 0 Å². The lowest BCUT2D eigenvalue weighted by Crippen LogP contribution is -2.68. The molecule has 10 N–H and O–H groups in total. The molecule has 0 aromatic heterocycles. The molecule has 1 aliphatic heterocycles. The summed E-state index contributed by atoms with van der Waals surface area (Å²) >= 11 is 0. The Hall–Kier alpha value is -0.400. The fourth-order valence-corrected chi connectivity index (χ4v) is 5.15. The molecule has 0 spiro atoms. The zero-order valence-corrected chi connectivity index (χ0v) is 22.5. The Kier molecular flexibility index (Phi) is 15.2. The van der Waals surface area contributed by atoms with Crippen LogP contribution in [-0.4, -0.2) is 91.0 Å². The Bertz CT molecular complexity index is 577. The summed E-state index contributed by atoms with van der Waals surface area (Å²) in [6, 6.07) is -1.68. The molecule has 1 saturated heterocycles. The Labute approximate surface area is 217 Å². The highest BCUT2D eigenvalue weighted by Gasteiger charge is 2.49. The molecule has 10 nitrogen and oxygen atoms in total. The van der Waals surface area contributed by atoms with Gasteiger partial charge < -0.3 is 52.1 Å². The molecule has 1 heterocycles. The SMILES string of the molecule is CCCCCCCO[C@@H]1[C@@H](N)[C@@H](O[C@H]2[C@H](O)[C@@H](OCCCCCCC)[C@H](N)C[C@@H]2N)O[C@H](CN)[C@H]1O. The van der Waals surface area contributed by atoms with E-state index in [2.05, 4.69) is 13.8 Å². The van der Waals surface area contributed by atoms with Gasteiger partial charge in [-0.05, 0) is 19.3 Å². The van der Waals surface area contributed by atoms with Crippen molar-refractivity contribution in [3.05, 3.63) is 0 Å². The van der Waals surface area contributed by atoms with Crippen LogP contribution in [0.5, 0.6) is 0 Å². The van der Waals surface area contributed by atoms with Crippen molar-refractivity contribution >= 4 is 0 Å². The third kappa shape index (κ3) is 9.41. The number of hydrogen-bond donors (Lipinski definition) is 6. The molecule has 2 aliphatic rings. The van der Waals surface area contributed by atoms with Gasteiger partial charge in [-0.15, -0.1) is 0 Å². The van der Waals surface area contributed by atoms with Gasteiger partial charge in [-0.1, -0.05) is 65.2 Å². The van der Waals surface area contributed by atoms with E-state index in [0.29, 0.717) is 19.6 Å². The molecule has 2 fully saturated rings. The first-order valence-electron chi connectivity index (χ1n) is 14.2. The minimum atomic E-state index is -1.03. The van der Waals surface area contributed by atoms with Crippen LogP contribution in [0.15, 0.2) is 0 Å². The van der Waals surface area contributed by atoms with E-state index in [0.717, 1.165) is 32.1 Å². The molecule has 2 rings (SSSR count). The number of aliphatic hydroxyl groups excluding tert-OH is 2. The van der Waals surface area contributed by atoms with Gasteiger partial charge in [0.1, 0.15) is 36.6 Å². The fourth-order valence-electron chi connectivity index (χ4n) is 5.15. The van der Waals surface area contributed by atoms with Gasteiger partial charge in [0.15, 0.2) is 6.29 Å². The molecule has 10 heteroatoms. The largest absolute Gasteiger partial charge is 0.388 e. The zero-order valence-electron chi connectivity index (χ0n) is 22.5. The van der Waals surface area contributed by atoms with E-state index in [-0.39, 0.29) is 6.54 Å². The maximum absolute atomic E-state index is 11.1. The summed E-state index contributed by atoms with van der Waals surface area (Å²) in [5.74, 6) is 0. The van der Waals surface area contributed by atoms with Crippen LogP contribution in [0.1, 0.15) is 84.5 Å². The number of ether oxygens (including phenoxy) is 4. The van der Waals surface area contributed by atoms with Crippen molar-refractivity contribution in [1.29, 1.82) is 0 Å². The summed E-state index contributed by atoms with van der Waals surface area (Å²) in [5, 5.41) is 21.8. The minimum Gasteiger partial charge on any atom is -0.388 e. The molecule has 0 unspecified atom stereocenters. The van der Waals surface area contributed by atoms with Crippen molar-refractivity contribution < 1.29 is 29.2 Å². The van der Waals surface area contributed by atoms with Crippen molar-refractivity contribution in [3.8, 4) is 0 Å². The Morgan fingerprint density at radius 2 is 1.25 bits per heavy atom. The quantitative estimate of drug-likeness (QED) is 0.151.